The van der Waals surface area contributed by atoms with Gasteiger partial charge in [0.15, 0.2) is 0 Å². The van der Waals surface area contributed by atoms with E-state index >= 15 is 0 Å². The highest BCUT2D eigenvalue weighted by Crippen LogP contribution is 2.31. The molecule has 1 aliphatic rings. The Morgan fingerprint density at radius 2 is 1.86 bits per heavy atom. The number of anilines is 1. The number of rotatable bonds is 6. The van der Waals surface area contributed by atoms with E-state index in [4.69, 9.17) is 21.1 Å². The minimum absolute atomic E-state index is 0.120. The van der Waals surface area contributed by atoms with Crippen LogP contribution in [-0.4, -0.2) is 45.9 Å². The molecule has 7 nitrogen and oxygen atoms in total. The van der Waals surface area contributed by atoms with E-state index in [1.54, 1.807) is 37.4 Å². The number of amides is 1. The molecule has 1 N–H and O–H groups in total. The number of nitrogens with zero attached hydrogens (tertiary/aromatic N) is 1. The Morgan fingerprint density at radius 3 is 2.52 bits per heavy atom. The van der Waals surface area contributed by atoms with Crippen LogP contribution < -0.4 is 14.8 Å². The van der Waals surface area contributed by atoms with Gasteiger partial charge in [0.2, 0.25) is 15.9 Å². The molecule has 2 aromatic rings. The van der Waals surface area contributed by atoms with E-state index in [-0.39, 0.29) is 17.3 Å². The third-order valence-corrected chi connectivity index (χ3v) is 7.00. The van der Waals surface area contributed by atoms with Crippen LogP contribution in [0.5, 0.6) is 11.5 Å². The smallest absolute Gasteiger partial charge is 0.243 e. The number of benzene rings is 2. The van der Waals surface area contributed by atoms with E-state index in [9.17, 15) is 13.2 Å². The molecule has 0 bridgehead atoms. The molecule has 1 fully saturated rings. The van der Waals surface area contributed by atoms with Crippen molar-refractivity contribution in [1.82, 2.24) is 4.31 Å². The van der Waals surface area contributed by atoms with E-state index in [1.807, 2.05) is 0 Å². The summed E-state index contributed by atoms with van der Waals surface area (Å²) in [7, 11) is -0.635. The molecule has 0 saturated carbocycles. The van der Waals surface area contributed by atoms with Crippen LogP contribution in [0.15, 0.2) is 47.4 Å². The van der Waals surface area contributed by atoms with Gasteiger partial charge in [-0.05, 0) is 49.2 Å². The molecule has 0 radical (unpaired) electrons. The first-order valence-corrected chi connectivity index (χ1v) is 11.0. The fourth-order valence-electron chi connectivity index (χ4n) is 3.27. The van der Waals surface area contributed by atoms with E-state index < -0.39 is 15.9 Å². The van der Waals surface area contributed by atoms with Crippen LogP contribution in [0.1, 0.15) is 12.8 Å². The third kappa shape index (κ3) is 4.83. The second-order valence-corrected chi connectivity index (χ2v) is 9.09. The second-order valence-electron chi connectivity index (χ2n) is 6.71. The molecule has 1 amide bonds. The summed E-state index contributed by atoms with van der Waals surface area (Å²) < 4.78 is 37.6. The van der Waals surface area contributed by atoms with Gasteiger partial charge in [-0.2, -0.15) is 4.31 Å². The van der Waals surface area contributed by atoms with E-state index in [0.717, 1.165) is 0 Å². The maximum absolute atomic E-state index is 12.9. The molecule has 1 aliphatic heterocycles. The predicted molar refractivity (Wildman–Crippen MR) is 111 cm³/mol. The minimum atomic E-state index is -3.69. The number of carbonyl (C=O) groups excluding carboxylic acids is 1. The molecule has 1 heterocycles. The highest BCUT2D eigenvalue weighted by atomic mass is 35.5. The van der Waals surface area contributed by atoms with Gasteiger partial charge in [0.25, 0.3) is 0 Å². The molecule has 9 heteroatoms. The Labute approximate surface area is 175 Å². The summed E-state index contributed by atoms with van der Waals surface area (Å²) in [6.45, 7) is 0.496. The molecule has 1 atom stereocenters. The molecule has 2 aromatic carbocycles. The minimum Gasteiger partial charge on any atom is -0.497 e. The van der Waals surface area contributed by atoms with Gasteiger partial charge >= 0.3 is 0 Å². The summed E-state index contributed by atoms with van der Waals surface area (Å²) >= 11 is 5.85. The van der Waals surface area contributed by atoms with E-state index in [1.165, 1.54) is 23.5 Å². The summed E-state index contributed by atoms with van der Waals surface area (Å²) in [5.74, 6) is 0.374. The van der Waals surface area contributed by atoms with Crippen LogP contribution in [0.4, 0.5) is 5.69 Å². The summed E-state index contributed by atoms with van der Waals surface area (Å²) in [4.78, 5) is 13.0. The van der Waals surface area contributed by atoms with Gasteiger partial charge in [-0.25, -0.2) is 8.42 Å². The lowest BCUT2D eigenvalue weighted by Gasteiger charge is -2.31. The number of methoxy groups -OCH3 is 2. The molecule has 0 aliphatic carbocycles. The third-order valence-electron chi connectivity index (χ3n) is 4.87. The maximum atomic E-state index is 12.9. The van der Waals surface area contributed by atoms with Crippen LogP contribution >= 0.6 is 11.6 Å². The number of nitrogens with one attached hydrogen (secondary N) is 1. The monoisotopic (exact) mass is 438 g/mol. The van der Waals surface area contributed by atoms with Gasteiger partial charge in [0, 0.05) is 24.2 Å². The number of piperidine rings is 1. The molecule has 156 valence electrons. The number of hydrogen-bond acceptors (Lipinski definition) is 5. The molecule has 3 rings (SSSR count). The van der Waals surface area contributed by atoms with Crippen LogP contribution in [-0.2, 0) is 14.8 Å². The fourth-order valence-corrected chi connectivity index (χ4v) is 4.92. The zero-order chi connectivity index (χ0) is 21.0. The molecular weight excluding hydrogens is 416 g/mol. The van der Waals surface area contributed by atoms with Crippen molar-refractivity contribution in [2.24, 2.45) is 5.92 Å². The van der Waals surface area contributed by atoms with Crippen molar-refractivity contribution in [3.63, 3.8) is 0 Å². The Bertz CT molecular complexity index is 979. The number of carbonyl (C=O) groups is 1. The Morgan fingerprint density at radius 1 is 1.14 bits per heavy atom. The van der Waals surface area contributed by atoms with Gasteiger partial charge in [-0.3, -0.25) is 4.79 Å². The lowest BCUT2D eigenvalue weighted by molar-refractivity contribution is -0.120. The van der Waals surface area contributed by atoms with Crippen LogP contribution in [0.25, 0.3) is 0 Å². The molecule has 0 spiro atoms. The maximum Gasteiger partial charge on any atom is 0.243 e. The normalized spacial score (nSPS) is 17.6. The largest absolute Gasteiger partial charge is 0.497 e. The van der Waals surface area contributed by atoms with Crippen molar-refractivity contribution in [3.8, 4) is 11.5 Å². The molecule has 0 aromatic heterocycles. The quantitative estimate of drug-likeness (QED) is 0.747. The lowest BCUT2D eigenvalue weighted by atomic mass is 9.98. The average Bonchev–Trinajstić information content (AvgIpc) is 2.74. The lowest BCUT2D eigenvalue weighted by Crippen LogP contribution is -2.43. The second kappa shape index (κ2) is 9.02. The zero-order valence-corrected chi connectivity index (χ0v) is 17.8. The van der Waals surface area contributed by atoms with Crippen molar-refractivity contribution in [2.45, 2.75) is 17.7 Å². The Kier molecular flexibility index (Phi) is 6.66. The van der Waals surface area contributed by atoms with Crippen molar-refractivity contribution in [3.05, 3.63) is 47.5 Å². The van der Waals surface area contributed by atoms with Crippen LogP contribution in [0, 0.1) is 5.92 Å². The molecule has 1 unspecified atom stereocenters. The highest BCUT2D eigenvalue weighted by molar-refractivity contribution is 7.89. The fraction of sp³-hybridized carbons (Fsp3) is 0.350. The number of ether oxygens (including phenoxy) is 2. The van der Waals surface area contributed by atoms with Gasteiger partial charge in [-0.1, -0.05) is 11.6 Å². The molecule has 29 heavy (non-hydrogen) atoms. The van der Waals surface area contributed by atoms with Crippen LogP contribution in [0.3, 0.4) is 0 Å². The summed E-state index contributed by atoms with van der Waals surface area (Å²) in [6, 6.07) is 11.1. The van der Waals surface area contributed by atoms with Gasteiger partial charge in [0.1, 0.15) is 11.5 Å². The van der Waals surface area contributed by atoms with Crippen molar-refractivity contribution in [2.75, 3.05) is 32.6 Å². The first kappa shape index (κ1) is 21.4. The average molecular weight is 439 g/mol. The zero-order valence-electron chi connectivity index (χ0n) is 16.2. The Balaban J connectivity index is 1.73. The standard InChI is InChI=1S/C20H23ClN2O5S/c1-27-16-7-10-18(19(12-16)28-2)22-20(24)14-4-3-11-23(13-14)29(25,26)17-8-5-15(21)6-9-17/h5-10,12,14H,3-4,11,13H2,1-2H3,(H,22,24). The first-order valence-electron chi connectivity index (χ1n) is 9.13. The molecular formula is C20H23ClN2O5S. The van der Waals surface area contributed by atoms with E-state index in [0.29, 0.717) is 41.6 Å². The molecule has 1 saturated heterocycles. The van der Waals surface area contributed by atoms with Crippen molar-refractivity contribution >= 4 is 33.2 Å². The SMILES string of the molecule is COc1ccc(NC(=O)C2CCCN(S(=O)(=O)c3ccc(Cl)cc3)C2)c(OC)c1. The van der Waals surface area contributed by atoms with E-state index in [2.05, 4.69) is 5.32 Å². The van der Waals surface area contributed by atoms with Gasteiger partial charge in [-0.15, -0.1) is 0 Å². The van der Waals surface area contributed by atoms with Gasteiger partial charge in [0.05, 0.1) is 30.7 Å². The summed E-state index contributed by atoms with van der Waals surface area (Å²) in [5.41, 5.74) is 0.510. The number of sulfonamides is 1. The summed E-state index contributed by atoms with van der Waals surface area (Å²) in [6.07, 6.45) is 1.21. The van der Waals surface area contributed by atoms with Crippen molar-refractivity contribution in [1.29, 1.82) is 0 Å². The summed E-state index contributed by atoms with van der Waals surface area (Å²) in [5, 5.41) is 3.31. The number of hydrogen-bond donors (Lipinski definition) is 1. The predicted octanol–water partition coefficient (Wildman–Crippen LogP) is 3.40. The topological polar surface area (TPSA) is 84.9 Å². The number of halogens is 1. The highest BCUT2D eigenvalue weighted by Gasteiger charge is 2.33. The van der Waals surface area contributed by atoms with Crippen LogP contribution in [0.2, 0.25) is 5.02 Å². The van der Waals surface area contributed by atoms with Crippen molar-refractivity contribution < 1.29 is 22.7 Å². The van der Waals surface area contributed by atoms with Gasteiger partial charge < -0.3 is 14.8 Å². The first-order chi connectivity index (χ1) is 13.8. The Hall–Kier alpha value is -2.29.